The van der Waals surface area contributed by atoms with E-state index >= 15 is 0 Å². The van der Waals surface area contributed by atoms with Crippen LogP contribution in [0.4, 0.5) is 0 Å². The van der Waals surface area contributed by atoms with Gasteiger partial charge in [-0.1, -0.05) is 65.8 Å². The Morgan fingerprint density at radius 3 is 1.91 bits per heavy atom. The lowest BCUT2D eigenvalue weighted by Crippen LogP contribution is -2.28. The number of carbonyl (C=O) groups is 1. The second kappa shape index (κ2) is 7.75. The van der Waals surface area contributed by atoms with Crippen LogP contribution in [0.2, 0.25) is 0 Å². The summed E-state index contributed by atoms with van der Waals surface area (Å²) in [5.74, 6) is -0.762. The highest BCUT2D eigenvalue weighted by atomic mass is 31.2. The van der Waals surface area contributed by atoms with Crippen molar-refractivity contribution >= 4 is 29.4 Å². The van der Waals surface area contributed by atoms with E-state index in [-0.39, 0.29) is 18.5 Å². The molecule has 6 heteroatoms. The van der Waals surface area contributed by atoms with Crippen LogP contribution in [0.3, 0.4) is 0 Å². The molecule has 0 spiro atoms. The van der Waals surface area contributed by atoms with E-state index in [2.05, 4.69) is 5.16 Å². The Kier molecular flexibility index (Phi) is 5.72. The van der Waals surface area contributed by atoms with Crippen LogP contribution in [0.25, 0.3) is 0 Å². The maximum Gasteiger partial charge on any atom is 0.356 e. The van der Waals surface area contributed by atoms with E-state index in [4.69, 9.17) is 9.94 Å². The molecule has 0 aliphatic carbocycles. The van der Waals surface area contributed by atoms with Crippen molar-refractivity contribution in [1.82, 2.24) is 0 Å². The average Bonchev–Trinajstić information content (AvgIpc) is 2.61. The van der Waals surface area contributed by atoms with Crippen molar-refractivity contribution in [2.75, 3.05) is 12.8 Å². The number of hydrogen-bond donors (Lipinski definition) is 1. The maximum absolute atomic E-state index is 13.7. The fraction of sp³-hybridized carbons (Fsp3) is 0.176. The molecule has 0 aliphatic rings. The van der Waals surface area contributed by atoms with Gasteiger partial charge < -0.3 is 14.5 Å². The van der Waals surface area contributed by atoms with Crippen LogP contribution in [0.1, 0.15) is 6.92 Å². The molecule has 0 radical (unpaired) electrons. The minimum atomic E-state index is -3.17. The van der Waals surface area contributed by atoms with Gasteiger partial charge in [0.15, 0.2) is 5.71 Å². The molecule has 120 valence electrons. The molecule has 0 unspecified atom stereocenters. The third-order valence-electron chi connectivity index (χ3n) is 3.35. The Balaban J connectivity index is 2.48. The van der Waals surface area contributed by atoms with Gasteiger partial charge in [-0.05, 0) is 6.92 Å². The van der Waals surface area contributed by atoms with Crippen molar-refractivity contribution in [1.29, 1.82) is 0 Å². The minimum Gasteiger partial charge on any atom is -0.461 e. The zero-order valence-corrected chi connectivity index (χ0v) is 13.6. The molecule has 5 nitrogen and oxygen atoms in total. The molecule has 0 bridgehead atoms. The molecule has 0 aliphatic heterocycles. The third kappa shape index (κ3) is 3.88. The van der Waals surface area contributed by atoms with Crippen molar-refractivity contribution in [3.05, 3.63) is 60.7 Å². The van der Waals surface area contributed by atoms with Crippen LogP contribution in [-0.4, -0.2) is 29.7 Å². The van der Waals surface area contributed by atoms with Crippen LogP contribution in [0.15, 0.2) is 65.8 Å². The number of benzene rings is 2. The van der Waals surface area contributed by atoms with Gasteiger partial charge in [0.1, 0.15) is 7.14 Å². The van der Waals surface area contributed by atoms with Gasteiger partial charge in [-0.3, -0.25) is 0 Å². The summed E-state index contributed by atoms with van der Waals surface area (Å²) in [5, 5.41) is 13.3. The van der Waals surface area contributed by atoms with E-state index in [1.165, 1.54) is 0 Å². The van der Waals surface area contributed by atoms with Crippen molar-refractivity contribution in [3.63, 3.8) is 0 Å². The molecule has 0 fully saturated rings. The number of ether oxygens (including phenoxy) is 1. The van der Waals surface area contributed by atoms with Crippen molar-refractivity contribution in [3.8, 4) is 0 Å². The first kappa shape index (κ1) is 17.0. The molecule has 23 heavy (non-hydrogen) atoms. The minimum absolute atomic E-state index is 0.152. The summed E-state index contributed by atoms with van der Waals surface area (Å²) in [6, 6.07) is 17.8. The smallest absolute Gasteiger partial charge is 0.356 e. The van der Waals surface area contributed by atoms with Crippen LogP contribution in [0.5, 0.6) is 0 Å². The van der Waals surface area contributed by atoms with E-state index in [1.807, 2.05) is 12.1 Å². The average molecular weight is 331 g/mol. The molecule has 2 aromatic carbocycles. The largest absolute Gasteiger partial charge is 0.461 e. The summed E-state index contributed by atoms with van der Waals surface area (Å²) < 4.78 is 18.6. The number of hydrogen-bond acceptors (Lipinski definition) is 5. The predicted octanol–water partition coefficient (Wildman–Crippen LogP) is 2.39. The zero-order chi connectivity index (χ0) is 16.7. The van der Waals surface area contributed by atoms with Crippen molar-refractivity contribution in [2.24, 2.45) is 5.16 Å². The Hall–Kier alpha value is -2.39. The molecule has 0 atom stereocenters. The fourth-order valence-corrected chi connectivity index (χ4v) is 4.82. The molecule has 0 amide bonds. The predicted molar refractivity (Wildman–Crippen MR) is 90.5 cm³/mol. The monoisotopic (exact) mass is 331 g/mol. The lowest BCUT2D eigenvalue weighted by Gasteiger charge is -2.19. The van der Waals surface area contributed by atoms with Gasteiger partial charge in [0, 0.05) is 10.6 Å². The number of rotatable bonds is 6. The van der Waals surface area contributed by atoms with Crippen LogP contribution in [0, 0.1) is 0 Å². The standard InChI is InChI=1S/C17H18NO4P/c1-2-22-17(19)16(18-20)13-23(21,14-9-5-3-6-10-14)15-11-7-4-8-12-15/h3-12,20H,2,13H2,1H3. The highest BCUT2D eigenvalue weighted by Crippen LogP contribution is 2.43. The van der Waals surface area contributed by atoms with Gasteiger partial charge in [-0.2, -0.15) is 0 Å². The number of carbonyl (C=O) groups excluding carboxylic acids is 1. The Bertz CT molecular complexity index is 685. The van der Waals surface area contributed by atoms with Crippen LogP contribution >= 0.6 is 7.14 Å². The van der Waals surface area contributed by atoms with Gasteiger partial charge >= 0.3 is 5.97 Å². The molecule has 0 heterocycles. The zero-order valence-electron chi connectivity index (χ0n) is 12.8. The maximum atomic E-state index is 13.7. The lowest BCUT2D eigenvalue weighted by molar-refractivity contribution is -0.135. The second-order valence-electron chi connectivity index (χ2n) is 4.84. The van der Waals surface area contributed by atoms with E-state index in [0.717, 1.165) is 0 Å². The molecule has 1 N–H and O–H groups in total. The van der Waals surface area contributed by atoms with Gasteiger partial charge in [0.2, 0.25) is 0 Å². The molecule has 2 aromatic rings. The summed E-state index contributed by atoms with van der Waals surface area (Å²) in [6.45, 7) is 1.81. The number of esters is 1. The molecular formula is C17H18NO4P. The summed E-state index contributed by atoms with van der Waals surface area (Å²) in [6.07, 6.45) is -0.198. The van der Waals surface area contributed by atoms with Gasteiger partial charge in [0.25, 0.3) is 0 Å². The molecule has 0 saturated heterocycles. The first-order chi connectivity index (χ1) is 11.1. The second-order valence-corrected chi connectivity index (χ2v) is 7.66. The third-order valence-corrected chi connectivity index (χ3v) is 6.36. The summed E-state index contributed by atoms with van der Waals surface area (Å²) in [7, 11) is -3.17. The van der Waals surface area contributed by atoms with E-state index in [0.29, 0.717) is 10.6 Å². The number of oxime groups is 1. The lowest BCUT2D eigenvalue weighted by atomic mass is 10.4. The molecule has 2 rings (SSSR count). The quantitative estimate of drug-likeness (QED) is 0.290. The van der Waals surface area contributed by atoms with E-state index < -0.39 is 13.1 Å². The topological polar surface area (TPSA) is 76.0 Å². The number of nitrogens with zero attached hydrogens (tertiary/aromatic N) is 1. The van der Waals surface area contributed by atoms with Crippen molar-refractivity contribution < 1.29 is 19.3 Å². The SMILES string of the molecule is CCOC(=O)C(CP(=O)(c1ccccc1)c1ccccc1)=NO. The van der Waals surface area contributed by atoms with E-state index in [9.17, 15) is 9.36 Å². The summed E-state index contributed by atoms with van der Waals surface area (Å²) in [4.78, 5) is 11.9. The fourth-order valence-electron chi connectivity index (χ4n) is 2.23. The van der Waals surface area contributed by atoms with Crippen LogP contribution in [-0.2, 0) is 14.1 Å². The Morgan fingerprint density at radius 2 is 1.52 bits per heavy atom. The molecule has 0 saturated carbocycles. The first-order valence-corrected chi connectivity index (χ1v) is 9.09. The normalized spacial score (nSPS) is 12.0. The summed E-state index contributed by atoms with van der Waals surface area (Å²) >= 11 is 0. The highest BCUT2D eigenvalue weighted by molar-refractivity contribution is 7.79. The Labute approximate surface area is 135 Å². The van der Waals surface area contributed by atoms with Crippen LogP contribution < -0.4 is 10.6 Å². The Morgan fingerprint density at radius 1 is 1.04 bits per heavy atom. The van der Waals surface area contributed by atoms with Gasteiger partial charge in [-0.15, -0.1) is 0 Å². The van der Waals surface area contributed by atoms with Gasteiger partial charge in [0.05, 0.1) is 12.8 Å². The summed E-state index contributed by atoms with van der Waals surface area (Å²) in [5.41, 5.74) is -0.247. The van der Waals surface area contributed by atoms with Gasteiger partial charge in [-0.25, -0.2) is 4.79 Å². The molecule has 0 aromatic heterocycles. The van der Waals surface area contributed by atoms with Crippen molar-refractivity contribution in [2.45, 2.75) is 6.92 Å². The highest BCUT2D eigenvalue weighted by Gasteiger charge is 2.32. The molecular weight excluding hydrogens is 313 g/mol. The first-order valence-electron chi connectivity index (χ1n) is 7.20. The van der Waals surface area contributed by atoms with E-state index in [1.54, 1.807) is 55.5 Å².